The minimum atomic E-state index is -0.173. The van der Waals surface area contributed by atoms with Crippen LogP contribution in [-0.4, -0.2) is 10.9 Å². The van der Waals surface area contributed by atoms with E-state index in [0.717, 1.165) is 4.47 Å². The molecule has 0 fully saturated rings. The molecule has 0 radical (unpaired) electrons. The van der Waals surface area contributed by atoms with Gasteiger partial charge in [0.2, 0.25) is 5.91 Å². The van der Waals surface area contributed by atoms with Gasteiger partial charge < -0.3 is 5.32 Å². The summed E-state index contributed by atoms with van der Waals surface area (Å²) >= 11 is 3.27. The van der Waals surface area contributed by atoms with E-state index in [1.165, 1.54) is 6.08 Å². The van der Waals surface area contributed by atoms with Crippen molar-refractivity contribution in [2.24, 2.45) is 0 Å². The molecular formula is C11H11BrN2O. The molecule has 0 spiro atoms. The Morgan fingerprint density at radius 3 is 2.93 bits per heavy atom. The molecule has 4 heteroatoms. The molecule has 0 atom stereocenters. The average molecular weight is 267 g/mol. The summed E-state index contributed by atoms with van der Waals surface area (Å²) in [5.74, 6) is -0.173. The number of halogens is 1. The maximum Gasteiger partial charge on any atom is 0.248 e. The van der Waals surface area contributed by atoms with Crippen molar-refractivity contribution in [2.75, 3.05) is 5.32 Å². The lowest BCUT2D eigenvalue weighted by Crippen LogP contribution is -2.07. The largest absolute Gasteiger partial charge is 0.321 e. The van der Waals surface area contributed by atoms with Crippen LogP contribution in [0, 0.1) is 0 Å². The van der Waals surface area contributed by atoms with Crippen molar-refractivity contribution in [1.82, 2.24) is 4.98 Å². The molecular weight excluding hydrogens is 256 g/mol. The zero-order valence-corrected chi connectivity index (χ0v) is 9.86. The van der Waals surface area contributed by atoms with Gasteiger partial charge in [-0.3, -0.25) is 9.78 Å². The quantitative estimate of drug-likeness (QED) is 0.675. The number of carbonyl (C=O) groups is 1. The first-order valence-electron chi connectivity index (χ1n) is 4.43. The lowest BCUT2D eigenvalue weighted by atomic mass is 10.4. The second-order valence-electron chi connectivity index (χ2n) is 2.77. The summed E-state index contributed by atoms with van der Waals surface area (Å²) in [6.45, 7) is 1.89. The van der Waals surface area contributed by atoms with E-state index in [-0.39, 0.29) is 5.91 Å². The molecule has 0 unspecified atom stereocenters. The van der Waals surface area contributed by atoms with Crippen LogP contribution in [0.3, 0.4) is 0 Å². The molecule has 0 bridgehead atoms. The van der Waals surface area contributed by atoms with Gasteiger partial charge in [-0.25, -0.2) is 0 Å². The molecule has 1 amide bonds. The van der Waals surface area contributed by atoms with Crippen molar-refractivity contribution in [3.63, 3.8) is 0 Å². The van der Waals surface area contributed by atoms with Crippen molar-refractivity contribution < 1.29 is 4.79 Å². The number of hydrogen-bond donors (Lipinski definition) is 1. The number of allylic oxidation sites excluding steroid dienone is 3. The third kappa shape index (κ3) is 4.56. The van der Waals surface area contributed by atoms with Crippen molar-refractivity contribution >= 4 is 27.5 Å². The summed E-state index contributed by atoms with van der Waals surface area (Å²) in [5, 5.41) is 2.69. The normalized spacial score (nSPS) is 11.1. The maximum absolute atomic E-state index is 11.3. The zero-order valence-electron chi connectivity index (χ0n) is 8.27. The zero-order chi connectivity index (χ0) is 11.1. The number of hydrogen-bond acceptors (Lipinski definition) is 2. The highest BCUT2D eigenvalue weighted by Crippen LogP contribution is 2.13. The van der Waals surface area contributed by atoms with Gasteiger partial charge in [0.25, 0.3) is 0 Å². The van der Waals surface area contributed by atoms with Gasteiger partial charge >= 0.3 is 0 Å². The Labute approximate surface area is 97.0 Å². The van der Waals surface area contributed by atoms with Crippen molar-refractivity contribution in [1.29, 1.82) is 0 Å². The van der Waals surface area contributed by atoms with E-state index in [1.54, 1.807) is 30.6 Å². The lowest BCUT2D eigenvalue weighted by Gasteiger charge is -2.00. The molecule has 78 valence electrons. The highest BCUT2D eigenvalue weighted by atomic mass is 79.9. The van der Waals surface area contributed by atoms with Crippen molar-refractivity contribution in [3.8, 4) is 0 Å². The minimum absolute atomic E-state index is 0.173. The molecule has 0 aliphatic carbocycles. The predicted molar refractivity (Wildman–Crippen MR) is 64.5 cm³/mol. The van der Waals surface area contributed by atoms with E-state index in [1.807, 2.05) is 13.0 Å². The fourth-order valence-corrected chi connectivity index (χ4v) is 1.28. The van der Waals surface area contributed by atoms with Crippen LogP contribution in [0.4, 0.5) is 5.69 Å². The molecule has 1 heterocycles. The molecule has 15 heavy (non-hydrogen) atoms. The number of rotatable bonds is 3. The molecule has 0 aliphatic heterocycles. The number of nitrogens with zero attached hydrogens (tertiary/aromatic N) is 1. The Bertz CT molecular complexity index is 399. The molecule has 0 aromatic carbocycles. The number of carbonyl (C=O) groups excluding carboxylic acids is 1. The Balaban J connectivity index is 2.59. The van der Waals surface area contributed by atoms with Crippen LogP contribution in [0.15, 0.2) is 47.2 Å². The summed E-state index contributed by atoms with van der Waals surface area (Å²) in [6, 6.07) is 1.79. The van der Waals surface area contributed by atoms with Crippen molar-refractivity contribution in [3.05, 3.63) is 47.2 Å². The molecule has 1 aromatic rings. The minimum Gasteiger partial charge on any atom is -0.321 e. The summed E-state index contributed by atoms with van der Waals surface area (Å²) in [7, 11) is 0. The van der Waals surface area contributed by atoms with Gasteiger partial charge in [0.05, 0.1) is 11.9 Å². The second-order valence-corrected chi connectivity index (χ2v) is 3.68. The first-order valence-corrected chi connectivity index (χ1v) is 5.22. The number of amides is 1. The first kappa shape index (κ1) is 11.7. The number of pyridine rings is 1. The van der Waals surface area contributed by atoms with Gasteiger partial charge in [0.15, 0.2) is 0 Å². The number of aromatic nitrogens is 1. The third-order valence-corrected chi connectivity index (χ3v) is 1.96. The van der Waals surface area contributed by atoms with Gasteiger partial charge in [-0.2, -0.15) is 0 Å². The maximum atomic E-state index is 11.3. The smallest absolute Gasteiger partial charge is 0.248 e. The second kappa shape index (κ2) is 6.14. The molecule has 1 aromatic heterocycles. The van der Waals surface area contributed by atoms with Crippen LogP contribution in [0.25, 0.3) is 0 Å². The van der Waals surface area contributed by atoms with Crippen LogP contribution in [0.5, 0.6) is 0 Å². The van der Waals surface area contributed by atoms with Crippen molar-refractivity contribution in [2.45, 2.75) is 6.92 Å². The molecule has 0 saturated carbocycles. The topological polar surface area (TPSA) is 42.0 Å². The Morgan fingerprint density at radius 2 is 2.27 bits per heavy atom. The summed E-state index contributed by atoms with van der Waals surface area (Å²) in [4.78, 5) is 15.3. The van der Waals surface area contributed by atoms with Crippen LogP contribution in [-0.2, 0) is 4.79 Å². The van der Waals surface area contributed by atoms with Gasteiger partial charge in [0, 0.05) is 16.7 Å². The Morgan fingerprint density at radius 1 is 1.47 bits per heavy atom. The highest BCUT2D eigenvalue weighted by molar-refractivity contribution is 9.10. The van der Waals surface area contributed by atoms with Gasteiger partial charge in [-0.15, -0.1) is 0 Å². The SMILES string of the molecule is C/C=C/C=C/C(=O)Nc1cncc(Br)c1. The molecule has 3 nitrogen and oxygen atoms in total. The molecule has 0 aliphatic rings. The van der Waals surface area contributed by atoms with E-state index in [4.69, 9.17) is 0 Å². The Kier molecular flexibility index (Phi) is 4.77. The van der Waals surface area contributed by atoms with Crippen LogP contribution in [0.2, 0.25) is 0 Å². The molecule has 1 rings (SSSR count). The molecule has 1 N–H and O–H groups in total. The third-order valence-electron chi connectivity index (χ3n) is 1.52. The summed E-state index contributed by atoms with van der Waals surface area (Å²) in [5.41, 5.74) is 0.666. The number of nitrogens with one attached hydrogen (secondary N) is 1. The van der Waals surface area contributed by atoms with Crippen LogP contribution in [0.1, 0.15) is 6.92 Å². The predicted octanol–water partition coefficient (Wildman–Crippen LogP) is 2.91. The van der Waals surface area contributed by atoms with E-state index < -0.39 is 0 Å². The van der Waals surface area contributed by atoms with Gasteiger partial charge in [0.1, 0.15) is 0 Å². The molecule has 0 saturated heterocycles. The lowest BCUT2D eigenvalue weighted by molar-refractivity contribution is -0.111. The fraction of sp³-hybridized carbons (Fsp3) is 0.0909. The Hall–Kier alpha value is -1.42. The summed E-state index contributed by atoms with van der Waals surface area (Å²) in [6.07, 6.45) is 10.0. The number of anilines is 1. The average Bonchev–Trinajstić information content (AvgIpc) is 2.18. The van der Waals surface area contributed by atoms with E-state index >= 15 is 0 Å². The van der Waals surface area contributed by atoms with Crippen LogP contribution >= 0.6 is 15.9 Å². The first-order chi connectivity index (χ1) is 7.22. The monoisotopic (exact) mass is 266 g/mol. The van der Waals surface area contributed by atoms with Crippen LogP contribution < -0.4 is 5.32 Å². The standard InChI is InChI=1S/C11H11BrN2O/c1-2-3-4-5-11(15)14-10-6-9(12)7-13-8-10/h2-8H,1H3,(H,14,15)/b3-2+,5-4+. The highest BCUT2D eigenvalue weighted by Gasteiger charge is 1.97. The van der Waals surface area contributed by atoms with E-state index in [9.17, 15) is 4.79 Å². The van der Waals surface area contributed by atoms with E-state index in [0.29, 0.717) is 5.69 Å². The van der Waals surface area contributed by atoms with Gasteiger partial charge in [-0.05, 0) is 28.9 Å². The van der Waals surface area contributed by atoms with E-state index in [2.05, 4.69) is 26.2 Å². The fourth-order valence-electron chi connectivity index (χ4n) is 0.918. The summed E-state index contributed by atoms with van der Waals surface area (Å²) < 4.78 is 0.831. The van der Waals surface area contributed by atoms with Gasteiger partial charge in [-0.1, -0.05) is 18.2 Å².